The van der Waals surface area contributed by atoms with Crippen LogP contribution in [0.4, 0.5) is 5.69 Å². The third-order valence-corrected chi connectivity index (χ3v) is 3.14. The molecule has 3 rings (SSSR count). The van der Waals surface area contributed by atoms with E-state index < -0.39 is 0 Å². The highest BCUT2D eigenvalue weighted by Crippen LogP contribution is 2.21. The summed E-state index contributed by atoms with van der Waals surface area (Å²) in [6.07, 6.45) is 5.77. The number of hydrogen-bond acceptors (Lipinski definition) is 2. The normalized spacial score (nSPS) is 10.7. The van der Waals surface area contributed by atoms with Gasteiger partial charge in [-0.1, -0.05) is 18.2 Å². The molecular weight excluding hydrogens is 222 g/mol. The predicted molar refractivity (Wildman–Crippen MR) is 74.5 cm³/mol. The van der Waals surface area contributed by atoms with Gasteiger partial charge in [-0.2, -0.15) is 0 Å². The fourth-order valence-electron chi connectivity index (χ4n) is 2.23. The van der Waals surface area contributed by atoms with E-state index in [9.17, 15) is 0 Å². The molecular formula is C15H15N3. The molecule has 0 saturated heterocycles. The Morgan fingerprint density at radius 2 is 1.89 bits per heavy atom. The molecule has 3 aromatic rings. The second-order valence-electron chi connectivity index (χ2n) is 4.37. The van der Waals surface area contributed by atoms with Crippen molar-refractivity contribution >= 4 is 16.6 Å². The van der Waals surface area contributed by atoms with Gasteiger partial charge in [-0.3, -0.25) is 4.98 Å². The molecule has 0 saturated carbocycles. The first-order valence-corrected chi connectivity index (χ1v) is 6.01. The molecule has 1 aromatic carbocycles. The lowest BCUT2D eigenvalue weighted by Crippen LogP contribution is -1.98. The zero-order valence-electron chi connectivity index (χ0n) is 10.3. The summed E-state index contributed by atoms with van der Waals surface area (Å²) >= 11 is 0. The summed E-state index contributed by atoms with van der Waals surface area (Å²) in [7, 11) is 2.08. The van der Waals surface area contributed by atoms with Crippen LogP contribution in [0.15, 0.2) is 55.0 Å². The quantitative estimate of drug-likeness (QED) is 0.758. The SMILES string of the molecule is Cn1cc(CNc2ccncc2)c2ccccc21. The van der Waals surface area contributed by atoms with Crippen molar-refractivity contribution in [2.45, 2.75) is 6.54 Å². The zero-order chi connectivity index (χ0) is 12.4. The average molecular weight is 237 g/mol. The lowest BCUT2D eigenvalue weighted by molar-refractivity contribution is 0.955. The van der Waals surface area contributed by atoms with Crippen molar-refractivity contribution in [3.05, 3.63) is 60.6 Å². The van der Waals surface area contributed by atoms with Gasteiger partial charge in [0.15, 0.2) is 0 Å². The van der Waals surface area contributed by atoms with Crippen LogP contribution in [-0.2, 0) is 13.6 Å². The largest absolute Gasteiger partial charge is 0.381 e. The summed E-state index contributed by atoms with van der Waals surface area (Å²) in [6, 6.07) is 12.4. The van der Waals surface area contributed by atoms with E-state index in [-0.39, 0.29) is 0 Å². The maximum Gasteiger partial charge on any atom is 0.0481 e. The molecule has 0 fully saturated rings. The number of aromatic nitrogens is 2. The fraction of sp³-hybridized carbons (Fsp3) is 0.133. The van der Waals surface area contributed by atoms with E-state index in [1.165, 1.54) is 16.5 Å². The summed E-state index contributed by atoms with van der Waals surface area (Å²) in [5.41, 5.74) is 3.67. The van der Waals surface area contributed by atoms with Gasteiger partial charge in [-0.15, -0.1) is 0 Å². The highest BCUT2D eigenvalue weighted by Gasteiger charge is 2.04. The Labute approximate surface area is 106 Å². The van der Waals surface area contributed by atoms with Crippen LogP contribution in [0.3, 0.4) is 0 Å². The van der Waals surface area contributed by atoms with Crippen LogP contribution in [0, 0.1) is 0 Å². The van der Waals surface area contributed by atoms with Gasteiger partial charge in [-0.05, 0) is 23.8 Å². The Morgan fingerprint density at radius 3 is 2.72 bits per heavy atom. The molecule has 0 atom stereocenters. The van der Waals surface area contributed by atoms with Gasteiger partial charge in [0, 0.05) is 48.8 Å². The van der Waals surface area contributed by atoms with E-state index in [0.29, 0.717) is 0 Å². The maximum atomic E-state index is 4.01. The second kappa shape index (κ2) is 4.53. The number of aryl methyl sites for hydroxylation is 1. The smallest absolute Gasteiger partial charge is 0.0481 e. The van der Waals surface area contributed by atoms with Crippen LogP contribution in [-0.4, -0.2) is 9.55 Å². The van der Waals surface area contributed by atoms with E-state index in [1.807, 2.05) is 12.1 Å². The summed E-state index contributed by atoms with van der Waals surface area (Å²) < 4.78 is 2.17. The molecule has 3 heteroatoms. The second-order valence-corrected chi connectivity index (χ2v) is 4.37. The first-order chi connectivity index (χ1) is 8.84. The number of anilines is 1. The summed E-state index contributed by atoms with van der Waals surface area (Å²) in [5, 5.41) is 4.72. The highest BCUT2D eigenvalue weighted by molar-refractivity contribution is 5.84. The van der Waals surface area contributed by atoms with Crippen LogP contribution in [0.1, 0.15) is 5.56 Å². The molecule has 0 amide bonds. The first kappa shape index (κ1) is 10.8. The molecule has 0 spiro atoms. The lowest BCUT2D eigenvalue weighted by Gasteiger charge is -2.04. The van der Waals surface area contributed by atoms with Crippen LogP contribution in [0.2, 0.25) is 0 Å². The Hall–Kier alpha value is -2.29. The van der Waals surface area contributed by atoms with Crippen LogP contribution in [0.5, 0.6) is 0 Å². The van der Waals surface area contributed by atoms with Crippen molar-refractivity contribution < 1.29 is 0 Å². The molecule has 2 aromatic heterocycles. The number of nitrogens with one attached hydrogen (secondary N) is 1. The molecule has 1 N–H and O–H groups in total. The summed E-state index contributed by atoms with van der Waals surface area (Å²) in [4.78, 5) is 4.01. The van der Waals surface area contributed by atoms with Crippen molar-refractivity contribution in [1.82, 2.24) is 9.55 Å². The molecule has 2 heterocycles. The minimum atomic E-state index is 0.825. The number of hydrogen-bond donors (Lipinski definition) is 1. The number of nitrogens with zero attached hydrogens (tertiary/aromatic N) is 2. The number of rotatable bonds is 3. The topological polar surface area (TPSA) is 29.9 Å². The zero-order valence-corrected chi connectivity index (χ0v) is 10.3. The fourth-order valence-corrected chi connectivity index (χ4v) is 2.23. The van der Waals surface area contributed by atoms with Gasteiger partial charge in [0.1, 0.15) is 0 Å². The molecule has 3 nitrogen and oxygen atoms in total. The van der Waals surface area contributed by atoms with Crippen LogP contribution in [0.25, 0.3) is 10.9 Å². The minimum Gasteiger partial charge on any atom is -0.381 e. The Kier molecular flexibility index (Phi) is 2.73. The van der Waals surface area contributed by atoms with E-state index in [4.69, 9.17) is 0 Å². The van der Waals surface area contributed by atoms with Gasteiger partial charge in [0.05, 0.1) is 0 Å². The molecule has 0 unspecified atom stereocenters. The molecule has 0 radical (unpaired) electrons. The Bertz CT molecular complexity index is 656. The molecule has 0 aliphatic carbocycles. The predicted octanol–water partition coefficient (Wildman–Crippen LogP) is 3.19. The maximum absolute atomic E-state index is 4.01. The summed E-state index contributed by atoms with van der Waals surface area (Å²) in [5.74, 6) is 0. The highest BCUT2D eigenvalue weighted by atomic mass is 14.9. The minimum absolute atomic E-state index is 0.825. The third kappa shape index (κ3) is 1.95. The van der Waals surface area contributed by atoms with Crippen LogP contribution >= 0.6 is 0 Å². The Balaban J connectivity index is 1.87. The first-order valence-electron chi connectivity index (χ1n) is 6.01. The van der Waals surface area contributed by atoms with E-state index in [2.05, 4.69) is 52.4 Å². The van der Waals surface area contributed by atoms with E-state index in [0.717, 1.165) is 12.2 Å². The number of fused-ring (bicyclic) bond motifs is 1. The molecule has 18 heavy (non-hydrogen) atoms. The Morgan fingerprint density at radius 1 is 1.11 bits per heavy atom. The molecule has 0 aliphatic rings. The van der Waals surface area contributed by atoms with Crippen molar-refractivity contribution in [3.63, 3.8) is 0 Å². The van der Waals surface area contributed by atoms with Gasteiger partial charge in [0.25, 0.3) is 0 Å². The summed E-state index contributed by atoms with van der Waals surface area (Å²) in [6.45, 7) is 0.825. The molecule has 0 bridgehead atoms. The van der Waals surface area contributed by atoms with Gasteiger partial charge in [-0.25, -0.2) is 0 Å². The van der Waals surface area contributed by atoms with Gasteiger partial charge >= 0.3 is 0 Å². The van der Waals surface area contributed by atoms with Crippen molar-refractivity contribution in [3.8, 4) is 0 Å². The standard InChI is InChI=1S/C15H15N3/c1-18-11-12(14-4-2-3-5-15(14)18)10-17-13-6-8-16-9-7-13/h2-9,11H,10H2,1H3,(H,16,17). The molecule has 0 aliphatic heterocycles. The van der Waals surface area contributed by atoms with Crippen LogP contribution < -0.4 is 5.32 Å². The van der Waals surface area contributed by atoms with Crippen molar-refractivity contribution in [1.29, 1.82) is 0 Å². The third-order valence-electron chi connectivity index (χ3n) is 3.14. The van der Waals surface area contributed by atoms with E-state index in [1.54, 1.807) is 12.4 Å². The van der Waals surface area contributed by atoms with Gasteiger partial charge in [0.2, 0.25) is 0 Å². The number of pyridine rings is 1. The molecule has 90 valence electrons. The monoisotopic (exact) mass is 237 g/mol. The lowest BCUT2D eigenvalue weighted by atomic mass is 10.2. The van der Waals surface area contributed by atoms with E-state index >= 15 is 0 Å². The van der Waals surface area contributed by atoms with Gasteiger partial charge < -0.3 is 9.88 Å². The van der Waals surface area contributed by atoms with Crippen molar-refractivity contribution in [2.24, 2.45) is 7.05 Å². The van der Waals surface area contributed by atoms with Crippen molar-refractivity contribution in [2.75, 3.05) is 5.32 Å². The number of benzene rings is 1. The number of para-hydroxylation sites is 1. The average Bonchev–Trinajstić information content (AvgIpc) is 2.75.